The van der Waals surface area contributed by atoms with Gasteiger partial charge in [-0.1, -0.05) is 12.2 Å². The van der Waals surface area contributed by atoms with Crippen LogP contribution in [0.1, 0.15) is 31.1 Å². The van der Waals surface area contributed by atoms with E-state index in [0.29, 0.717) is 15.8 Å². The Morgan fingerprint density at radius 3 is 2.16 bits per heavy atom. The van der Waals surface area contributed by atoms with Crippen LogP contribution in [0.25, 0.3) is 0 Å². The third-order valence-corrected chi connectivity index (χ3v) is 3.47. The molecule has 0 unspecified atom stereocenters. The predicted molar refractivity (Wildman–Crippen MR) is 100 cm³/mol. The Kier molecular flexibility index (Phi) is 5.58. The molecule has 0 spiro atoms. The van der Waals surface area contributed by atoms with Crippen molar-refractivity contribution in [3.8, 4) is 0 Å². The van der Waals surface area contributed by atoms with E-state index >= 15 is 0 Å². The third kappa shape index (κ3) is 5.42. The molecule has 0 fully saturated rings. The lowest BCUT2D eigenvalue weighted by Crippen LogP contribution is -2.36. The van der Waals surface area contributed by atoms with E-state index in [1.165, 1.54) is 5.01 Å². The standard InChI is InChI=1S/C18H21N3O3S/c1-18(2,3)24-17(23)19-14-7-5-13(6-8-14)16(22)20(4)21-11-9-15(25)10-12-21/h5-12H,1-4H3,(H,19,23). The number of aromatic nitrogens is 1. The lowest BCUT2D eigenvalue weighted by atomic mass is 10.2. The first-order valence-electron chi connectivity index (χ1n) is 7.72. The van der Waals surface area contributed by atoms with Crippen LogP contribution in [0, 0.1) is 4.51 Å². The van der Waals surface area contributed by atoms with Crippen LogP contribution in [-0.2, 0) is 4.74 Å². The largest absolute Gasteiger partial charge is 0.444 e. The molecule has 0 aliphatic carbocycles. The van der Waals surface area contributed by atoms with E-state index in [1.807, 2.05) is 0 Å². The zero-order valence-electron chi connectivity index (χ0n) is 14.6. The van der Waals surface area contributed by atoms with E-state index in [0.717, 1.165) is 0 Å². The summed E-state index contributed by atoms with van der Waals surface area (Å²) in [6.45, 7) is 5.38. The maximum absolute atomic E-state index is 12.5. The highest BCUT2D eigenvalue weighted by atomic mass is 32.1. The number of benzene rings is 1. The fourth-order valence-electron chi connectivity index (χ4n) is 2.01. The van der Waals surface area contributed by atoms with Crippen LogP contribution in [0.15, 0.2) is 48.8 Å². The van der Waals surface area contributed by atoms with Crippen molar-refractivity contribution in [1.29, 1.82) is 0 Å². The third-order valence-electron chi connectivity index (χ3n) is 3.20. The second-order valence-electron chi connectivity index (χ2n) is 6.45. The molecule has 0 saturated heterocycles. The Labute approximate surface area is 152 Å². The van der Waals surface area contributed by atoms with Crippen LogP contribution in [0.5, 0.6) is 0 Å². The van der Waals surface area contributed by atoms with Gasteiger partial charge in [-0.2, -0.15) is 0 Å². The maximum Gasteiger partial charge on any atom is 0.412 e. The molecule has 132 valence electrons. The number of nitrogens with zero attached hydrogens (tertiary/aromatic N) is 2. The minimum Gasteiger partial charge on any atom is -0.444 e. The van der Waals surface area contributed by atoms with Gasteiger partial charge in [-0.3, -0.25) is 14.8 Å². The average molecular weight is 359 g/mol. The average Bonchev–Trinajstić information content (AvgIpc) is 2.53. The van der Waals surface area contributed by atoms with E-state index in [1.54, 1.807) is 81.3 Å². The topological polar surface area (TPSA) is 63.6 Å². The number of amides is 2. The fraction of sp³-hybridized carbons (Fsp3) is 0.278. The molecule has 1 N–H and O–H groups in total. The molecule has 0 saturated carbocycles. The highest BCUT2D eigenvalue weighted by molar-refractivity contribution is 7.71. The fourth-order valence-corrected chi connectivity index (χ4v) is 2.14. The Morgan fingerprint density at radius 2 is 1.64 bits per heavy atom. The van der Waals surface area contributed by atoms with Crippen LogP contribution in [0.4, 0.5) is 10.5 Å². The van der Waals surface area contributed by atoms with Gasteiger partial charge in [-0.05, 0) is 57.2 Å². The molecule has 1 heterocycles. The van der Waals surface area contributed by atoms with E-state index < -0.39 is 11.7 Å². The van der Waals surface area contributed by atoms with Gasteiger partial charge in [-0.25, -0.2) is 9.80 Å². The number of hydrogen-bond acceptors (Lipinski definition) is 4. The molecule has 0 radical (unpaired) electrons. The number of carbonyl (C=O) groups excluding carboxylic acids is 2. The summed E-state index contributed by atoms with van der Waals surface area (Å²) in [4.78, 5) is 24.3. The zero-order valence-corrected chi connectivity index (χ0v) is 15.5. The van der Waals surface area contributed by atoms with Crippen molar-refractivity contribution >= 4 is 29.9 Å². The summed E-state index contributed by atoms with van der Waals surface area (Å²) in [5.41, 5.74) is 0.476. The van der Waals surface area contributed by atoms with Gasteiger partial charge in [0.2, 0.25) is 0 Å². The number of nitrogens with one attached hydrogen (secondary N) is 1. The summed E-state index contributed by atoms with van der Waals surface area (Å²) < 4.78 is 7.54. The van der Waals surface area contributed by atoms with Crippen LogP contribution < -0.4 is 10.3 Å². The summed E-state index contributed by atoms with van der Waals surface area (Å²) in [7, 11) is 1.66. The quantitative estimate of drug-likeness (QED) is 0.842. The summed E-state index contributed by atoms with van der Waals surface area (Å²) in [6.07, 6.45) is 2.90. The van der Waals surface area contributed by atoms with Crippen LogP contribution in [-0.4, -0.2) is 29.3 Å². The van der Waals surface area contributed by atoms with Gasteiger partial charge in [0, 0.05) is 35.2 Å². The van der Waals surface area contributed by atoms with Crippen molar-refractivity contribution in [2.45, 2.75) is 26.4 Å². The molecule has 1 aromatic heterocycles. The molecule has 0 aliphatic rings. The molecule has 0 aliphatic heterocycles. The molecule has 2 aromatic rings. The van der Waals surface area contributed by atoms with Crippen molar-refractivity contribution in [1.82, 2.24) is 4.68 Å². The lowest BCUT2D eigenvalue weighted by molar-refractivity contribution is 0.0636. The normalized spacial score (nSPS) is 10.9. The first-order chi connectivity index (χ1) is 11.7. The number of anilines is 1. The number of carbonyl (C=O) groups is 2. The Balaban J connectivity index is 2.06. The lowest BCUT2D eigenvalue weighted by Gasteiger charge is -2.21. The van der Waals surface area contributed by atoms with Crippen molar-refractivity contribution < 1.29 is 14.3 Å². The van der Waals surface area contributed by atoms with Gasteiger partial charge >= 0.3 is 6.09 Å². The molecule has 0 bridgehead atoms. The summed E-state index contributed by atoms with van der Waals surface area (Å²) in [6, 6.07) is 10.1. The maximum atomic E-state index is 12.5. The van der Waals surface area contributed by atoms with Crippen molar-refractivity contribution in [2.75, 3.05) is 17.4 Å². The van der Waals surface area contributed by atoms with Gasteiger partial charge in [-0.15, -0.1) is 0 Å². The second-order valence-corrected chi connectivity index (χ2v) is 6.92. The minimum absolute atomic E-state index is 0.189. The smallest absolute Gasteiger partial charge is 0.412 e. The van der Waals surface area contributed by atoms with Crippen molar-refractivity contribution in [2.24, 2.45) is 0 Å². The minimum atomic E-state index is -0.569. The van der Waals surface area contributed by atoms with Gasteiger partial charge in [0.1, 0.15) is 5.60 Å². The molecule has 6 nitrogen and oxygen atoms in total. The van der Waals surface area contributed by atoms with E-state index in [-0.39, 0.29) is 5.91 Å². The van der Waals surface area contributed by atoms with E-state index in [2.05, 4.69) is 5.32 Å². The molecule has 2 rings (SSSR count). The van der Waals surface area contributed by atoms with E-state index in [9.17, 15) is 9.59 Å². The van der Waals surface area contributed by atoms with Crippen molar-refractivity contribution in [3.05, 3.63) is 58.9 Å². The van der Waals surface area contributed by atoms with Gasteiger partial charge in [0.05, 0.1) is 0 Å². The second kappa shape index (κ2) is 7.48. The van der Waals surface area contributed by atoms with E-state index in [4.69, 9.17) is 17.0 Å². The Morgan fingerprint density at radius 1 is 1.08 bits per heavy atom. The number of pyridine rings is 1. The van der Waals surface area contributed by atoms with Crippen LogP contribution in [0.2, 0.25) is 0 Å². The highest BCUT2D eigenvalue weighted by Gasteiger charge is 2.17. The first kappa shape index (κ1) is 18.7. The Bertz CT molecular complexity index is 802. The number of hydrogen-bond donors (Lipinski definition) is 1. The predicted octanol–water partition coefficient (Wildman–Crippen LogP) is 3.97. The molecular formula is C18H21N3O3S. The molecular weight excluding hydrogens is 338 g/mol. The molecule has 2 amide bonds. The summed E-state index contributed by atoms with van der Waals surface area (Å²) in [5, 5.41) is 4.09. The number of ether oxygens (including phenoxy) is 1. The van der Waals surface area contributed by atoms with Crippen LogP contribution >= 0.6 is 12.2 Å². The Hall–Kier alpha value is -2.67. The van der Waals surface area contributed by atoms with Crippen LogP contribution in [0.3, 0.4) is 0 Å². The highest BCUT2D eigenvalue weighted by Crippen LogP contribution is 2.14. The molecule has 0 atom stereocenters. The molecule has 7 heteroatoms. The van der Waals surface area contributed by atoms with Gasteiger partial charge < -0.3 is 4.74 Å². The number of rotatable bonds is 3. The summed E-state index contributed by atoms with van der Waals surface area (Å²) >= 11 is 5.04. The molecule has 25 heavy (non-hydrogen) atoms. The first-order valence-corrected chi connectivity index (χ1v) is 8.13. The SMILES string of the molecule is CN(C(=O)c1ccc(NC(=O)OC(C)(C)C)cc1)n1ccc(=S)cc1. The monoisotopic (exact) mass is 359 g/mol. The molecule has 1 aromatic carbocycles. The summed E-state index contributed by atoms with van der Waals surface area (Å²) in [5.74, 6) is -0.189. The van der Waals surface area contributed by atoms with Gasteiger partial charge in [0.25, 0.3) is 5.91 Å². The zero-order chi connectivity index (χ0) is 18.6. The van der Waals surface area contributed by atoms with Gasteiger partial charge in [0.15, 0.2) is 0 Å². The van der Waals surface area contributed by atoms with Crippen molar-refractivity contribution in [3.63, 3.8) is 0 Å².